The van der Waals surface area contributed by atoms with Crippen LogP contribution in [-0.2, 0) is 0 Å². The fourth-order valence-electron chi connectivity index (χ4n) is 4.29. The zero-order valence-corrected chi connectivity index (χ0v) is 18.3. The van der Waals surface area contributed by atoms with Crippen molar-refractivity contribution in [2.45, 2.75) is 0 Å². The molecule has 0 N–H and O–H groups in total. The number of rotatable bonds is 4. The van der Waals surface area contributed by atoms with Gasteiger partial charge in [-0.1, -0.05) is 97.1 Å². The second kappa shape index (κ2) is 8.38. The van der Waals surface area contributed by atoms with E-state index >= 15 is 0 Å². The largest absolute Gasteiger partial charge is 0.464 e. The van der Waals surface area contributed by atoms with Gasteiger partial charge in [-0.15, -0.1) is 0 Å². The van der Waals surface area contributed by atoms with Crippen molar-refractivity contribution in [1.29, 1.82) is 0 Å². The molecule has 2 aromatic heterocycles. The predicted octanol–water partition coefficient (Wildman–Crippen LogP) is 8.04. The second-order valence-electron chi connectivity index (χ2n) is 8.20. The van der Waals surface area contributed by atoms with E-state index in [-0.39, 0.29) is 5.63 Å². The van der Waals surface area contributed by atoms with Crippen LogP contribution in [0.3, 0.4) is 0 Å². The van der Waals surface area contributed by atoms with Crippen LogP contribution < -0.4 is 5.63 Å². The Bertz CT molecular complexity index is 1690. The fourth-order valence-corrected chi connectivity index (χ4v) is 4.29. The lowest BCUT2D eigenvalue weighted by atomic mass is 9.99. The number of hydrogen-bond acceptors (Lipinski definition) is 3. The van der Waals surface area contributed by atoms with Gasteiger partial charge in [0.1, 0.15) is 11.2 Å². The number of furan rings is 1. The van der Waals surface area contributed by atoms with Crippen LogP contribution in [-0.4, -0.2) is 0 Å². The van der Waals surface area contributed by atoms with Gasteiger partial charge >= 0.3 is 5.63 Å². The van der Waals surface area contributed by atoms with Gasteiger partial charge in [0.2, 0.25) is 0 Å². The Morgan fingerprint density at radius 3 is 2.00 bits per heavy atom. The summed E-state index contributed by atoms with van der Waals surface area (Å²) in [4.78, 5) is 12.3. The molecule has 3 heteroatoms. The standard InChI is InChI=1S/C31H20O3/c32-31-17-25(12-11-21-7-3-1-4-8-21)26-18-29-27(19-30(26)34-31)28(20-33-29)24-15-13-23(14-16-24)22-9-5-2-6-10-22/h1-20H/b12-11+. The first-order valence-corrected chi connectivity index (χ1v) is 11.1. The molecule has 0 atom stereocenters. The van der Waals surface area contributed by atoms with Crippen LogP contribution in [0.1, 0.15) is 11.1 Å². The summed E-state index contributed by atoms with van der Waals surface area (Å²) in [6, 6.07) is 34.0. The first-order chi connectivity index (χ1) is 16.7. The van der Waals surface area contributed by atoms with Crippen LogP contribution in [0.15, 0.2) is 123 Å². The lowest BCUT2D eigenvalue weighted by Gasteiger charge is -2.05. The average Bonchev–Trinajstić information content (AvgIpc) is 3.30. The van der Waals surface area contributed by atoms with E-state index in [9.17, 15) is 4.79 Å². The highest BCUT2D eigenvalue weighted by atomic mass is 16.4. The zero-order chi connectivity index (χ0) is 22.9. The van der Waals surface area contributed by atoms with E-state index in [4.69, 9.17) is 8.83 Å². The minimum Gasteiger partial charge on any atom is -0.464 e. The number of benzene rings is 4. The Labute approximate surface area is 196 Å². The highest BCUT2D eigenvalue weighted by Crippen LogP contribution is 2.35. The number of fused-ring (bicyclic) bond motifs is 2. The van der Waals surface area contributed by atoms with E-state index in [1.54, 1.807) is 6.26 Å². The molecule has 0 aliphatic rings. The molecule has 6 rings (SSSR count). The van der Waals surface area contributed by atoms with Gasteiger partial charge in [-0.05, 0) is 39.9 Å². The van der Waals surface area contributed by atoms with Crippen molar-refractivity contribution in [3.8, 4) is 22.3 Å². The first kappa shape index (κ1) is 20.0. The molecular weight excluding hydrogens is 420 g/mol. The third-order valence-electron chi connectivity index (χ3n) is 6.03. The van der Waals surface area contributed by atoms with Crippen molar-refractivity contribution in [3.63, 3.8) is 0 Å². The van der Waals surface area contributed by atoms with Gasteiger partial charge in [0, 0.05) is 22.4 Å². The summed E-state index contributed by atoms with van der Waals surface area (Å²) in [5, 5.41) is 1.74. The highest BCUT2D eigenvalue weighted by molar-refractivity contribution is 6.03. The first-order valence-electron chi connectivity index (χ1n) is 11.1. The van der Waals surface area contributed by atoms with Crippen LogP contribution in [0, 0.1) is 0 Å². The molecule has 34 heavy (non-hydrogen) atoms. The van der Waals surface area contributed by atoms with Gasteiger partial charge in [0.15, 0.2) is 0 Å². The van der Waals surface area contributed by atoms with Crippen molar-refractivity contribution in [2.24, 2.45) is 0 Å². The third kappa shape index (κ3) is 3.74. The van der Waals surface area contributed by atoms with Crippen LogP contribution in [0.25, 0.3) is 56.3 Å². The Kier molecular flexibility index (Phi) is 4.93. The SMILES string of the molecule is O=c1cc(/C=C/c2ccccc2)c2cc3occ(-c4ccc(-c5ccccc5)cc4)c3cc2o1. The van der Waals surface area contributed by atoms with Gasteiger partial charge in [-0.2, -0.15) is 0 Å². The van der Waals surface area contributed by atoms with Gasteiger partial charge in [0.05, 0.1) is 6.26 Å². The molecule has 0 aliphatic carbocycles. The van der Waals surface area contributed by atoms with Gasteiger partial charge in [0.25, 0.3) is 0 Å². The summed E-state index contributed by atoms with van der Waals surface area (Å²) < 4.78 is 11.5. The molecule has 0 amide bonds. The second-order valence-corrected chi connectivity index (χ2v) is 8.20. The van der Waals surface area contributed by atoms with Crippen molar-refractivity contribution in [2.75, 3.05) is 0 Å². The highest BCUT2D eigenvalue weighted by Gasteiger charge is 2.13. The topological polar surface area (TPSA) is 43.4 Å². The molecule has 0 bridgehead atoms. The summed E-state index contributed by atoms with van der Waals surface area (Å²) in [6.45, 7) is 0. The Balaban J connectivity index is 1.43. The number of hydrogen-bond donors (Lipinski definition) is 0. The summed E-state index contributed by atoms with van der Waals surface area (Å²) >= 11 is 0. The van der Waals surface area contributed by atoms with E-state index in [0.717, 1.165) is 44.2 Å². The summed E-state index contributed by atoms with van der Waals surface area (Å²) in [5.41, 5.74) is 7.10. The molecule has 0 radical (unpaired) electrons. The summed E-state index contributed by atoms with van der Waals surface area (Å²) in [6.07, 6.45) is 5.69. The van der Waals surface area contributed by atoms with Crippen LogP contribution in [0.2, 0.25) is 0 Å². The van der Waals surface area contributed by atoms with E-state index in [2.05, 4.69) is 36.4 Å². The zero-order valence-electron chi connectivity index (χ0n) is 18.3. The summed E-state index contributed by atoms with van der Waals surface area (Å²) in [5.74, 6) is 0. The molecule has 0 saturated carbocycles. The minimum atomic E-state index is -0.378. The predicted molar refractivity (Wildman–Crippen MR) is 138 cm³/mol. The third-order valence-corrected chi connectivity index (χ3v) is 6.03. The smallest absolute Gasteiger partial charge is 0.336 e. The van der Waals surface area contributed by atoms with E-state index in [1.165, 1.54) is 11.6 Å². The van der Waals surface area contributed by atoms with E-state index < -0.39 is 0 Å². The maximum atomic E-state index is 12.3. The van der Waals surface area contributed by atoms with Crippen LogP contribution >= 0.6 is 0 Å². The Morgan fingerprint density at radius 1 is 0.588 bits per heavy atom. The summed E-state index contributed by atoms with van der Waals surface area (Å²) in [7, 11) is 0. The fraction of sp³-hybridized carbons (Fsp3) is 0. The van der Waals surface area contributed by atoms with E-state index in [0.29, 0.717) is 5.58 Å². The molecule has 6 aromatic rings. The van der Waals surface area contributed by atoms with Crippen molar-refractivity contribution >= 4 is 34.1 Å². The molecular formula is C31H20O3. The molecule has 0 unspecified atom stereocenters. The van der Waals surface area contributed by atoms with Gasteiger partial charge in [-0.25, -0.2) is 4.79 Å². The van der Waals surface area contributed by atoms with Gasteiger partial charge in [-0.3, -0.25) is 0 Å². The molecule has 3 nitrogen and oxygen atoms in total. The lowest BCUT2D eigenvalue weighted by Crippen LogP contribution is -1.97. The molecule has 0 fully saturated rings. The maximum Gasteiger partial charge on any atom is 0.336 e. The Morgan fingerprint density at radius 2 is 1.24 bits per heavy atom. The monoisotopic (exact) mass is 440 g/mol. The quantitative estimate of drug-likeness (QED) is 0.261. The molecule has 0 aliphatic heterocycles. The van der Waals surface area contributed by atoms with Crippen LogP contribution in [0.4, 0.5) is 0 Å². The van der Waals surface area contributed by atoms with Gasteiger partial charge < -0.3 is 8.83 Å². The van der Waals surface area contributed by atoms with Crippen molar-refractivity contribution in [1.82, 2.24) is 0 Å². The Hall–Kier alpha value is -4.63. The molecule has 2 heterocycles. The molecule has 162 valence electrons. The lowest BCUT2D eigenvalue weighted by molar-refractivity contribution is 0.560. The molecule has 4 aromatic carbocycles. The van der Waals surface area contributed by atoms with Crippen molar-refractivity contribution < 1.29 is 8.83 Å². The normalized spacial score (nSPS) is 11.5. The molecule has 0 saturated heterocycles. The maximum absolute atomic E-state index is 12.3. The minimum absolute atomic E-state index is 0.378. The molecule has 0 spiro atoms. The van der Waals surface area contributed by atoms with Crippen molar-refractivity contribution in [3.05, 3.63) is 131 Å². The average molecular weight is 440 g/mol. The van der Waals surface area contributed by atoms with Crippen LogP contribution in [0.5, 0.6) is 0 Å². The van der Waals surface area contributed by atoms with E-state index in [1.807, 2.05) is 72.8 Å².